The molecule has 2 aromatic carbocycles. The molecule has 38 heavy (non-hydrogen) atoms. The van der Waals surface area contributed by atoms with E-state index in [1.165, 1.54) is 0 Å². The lowest BCUT2D eigenvalue weighted by molar-refractivity contribution is -0.113. The topological polar surface area (TPSA) is 99.5 Å². The molecule has 2 N–H and O–H groups in total. The van der Waals surface area contributed by atoms with Crippen molar-refractivity contribution in [2.24, 2.45) is 0 Å². The molecule has 0 bridgehead atoms. The second-order valence-electron chi connectivity index (χ2n) is 8.66. The van der Waals surface area contributed by atoms with Crippen molar-refractivity contribution in [2.75, 3.05) is 36.7 Å². The number of nitrogens with zero attached hydrogens (tertiary/aromatic N) is 3. The van der Waals surface area contributed by atoms with Gasteiger partial charge >= 0.3 is 0 Å². The molecule has 2 heterocycles. The molecular weight excluding hydrogens is 502 g/mol. The molecule has 0 radical (unpaired) electrons. The molecule has 1 aliphatic rings. The van der Waals surface area contributed by atoms with Gasteiger partial charge in [-0.3, -0.25) is 4.79 Å². The number of aromatic nitrogens is 3. The van der Waals surface area contributed by atoms with E-state index in [-0.39, 0.29) is 5.91 Å². The van der Waals surface area contributed by atoms with Crippen molar-refractivity contribution < 1.29 is 19.0 Å². The minimum Gasteiger partial charge on any atom is -0.493 e. The molecule has 0 spiro atoms. The molecule has 0 saturated carbocycles. The molecule has 3 aromatic rings. The van der Waals surface area contributed by atoms with E-state index in [1.54, 1.807) is 23.6 Å². The van der Waals surface area contributed by atoms with Crippen LogP contribution < -0.4 is 24.8 Å². The van der Waals surface area contributed by atoms with Crippen LogP contribution in [0, 0.1) is 0 Å². The molecule has 1 amide bonds. The van der Waals surface area contributed by atoms with Crippen molar-refractivity contribution in [2.45, 2.75) is 51.7 Å². The predicted octanol–water partition coefficient (Wildman–Crippen LogP) is 5.90. The third-order valence-corrected chi connectivity index (χ3v) is 6.97. The highest BCUT2D eigenvalue weighted by Gasteiger charge is 2.35. The van der Waals surface area contributed by atoms with Crippen LogP contribution in [0.4, 0.5) is 11.6 Å². The van der Waals surface area contributed by atoms with Gasteiger partial charge < -0.3 is 24.8 Å². The maximum atomic E-state index is 13.9. The number of rotatable bonds is 12. The second kappa shape index (κ2) is 12.7. The van der Waals surface area contributed by atoms with Crippen molar-refractivity contribution in [3.63, 3.8) is 0 Å². The minimum absolute atomic E-state index is 0.262. The summed E-state index contributed by atoms with van der Waals surface area (Å²) in [6.07, 6.45) is 2.17. The SMILES string of the molecule is CCCCSc1nc2n(n1)C(c1ccc(OC)c(OCC)c1)C(C(=O)Nc1ccccc1OCC)=C(C)N2. The molecule has 0 aliphatic carbocycles. The fraction of sp³-hybridized carbons (Fsp3) is 0.393. The number of thioether (sulfide) groups is 1. The van der Waals surface area contributed by atoms with E-state index in [0.717, 1.165) is 24.2 Å². The van der Waals surface area contributed by atoms with Crippen LogP contribution in [0.25, 0.3) is 0 Å². The first-order valence-corrected chi connectivity index (χ1v) is 13.9. The summed E-state index contributed by atoms with van der Waals surface area (Å²) in [4.78, 5) is 18.6. The summed E-state index contributed by atoms with van der Waals surface area (Å²) in [6.45, 7) is 8.84. The number of carbonyl (C=O) groups excluding carboxylic acids is 1. The molecule has 9 nitrogen and oxygen atoms in total. The maximum Gasteiger partial charge on any atom is 0.255 e. The van der Waals surface area contributed by atoms with Gasteiger partial charge in [-0.2, -0.15) is 4.98 Å². The van der Waals surface area contributed by atoms with E-state index in [2.05, 4.69) is 17.6 Å². The largest absolute Gasteiger partial charge is 0.493 e. The van der Waals surface area contributed by atoms with Crippen molar-refractivity contribution >= 4 is 29.3 Å². The smallest absolute Gasteiger partial charge is 0.255 e. The lowest BCUT2D eigenvalue weighted by Gasteiger charge is -2.29. The summed E-state index contributed by atoms with van der Waals surface area (Å²) in [7, 11) is 1.61. The first-order chi connectivity index (χ1) is 18.5. The van der Waals surface area contributed by atoms with Crippen LogP contribution in [-0.4, -0.2) is 46.7 Å². The van der Waals surface area contributed by atoms with Crippen LogP contribution in [0.15, 0.2) is 58.9 Å². The second-order valence-corrected chi connectivity index (χ2v) is 9.72. The number of carbonyl (C=O) groups is 1. The summed E-state index contributed by atoms with van der Waals surface area (Å²) >= 11 is 1.61. The summed E-state index contributed by atoms with van der Waals surface area (Å²) in [5, 5.41) is 11.8. The predicted molar refractivity (Wildman–Crippen MR) is 151 cm³/mol. The molecule has 0 fully saturated rings. The van der Waals surface area contributed by atoms with Gasteiger partial charge in [0, 0.05) is 11.4 Å². The van der Waals surface area contributed by atoms with Gasteiger partial charge in [-0.1, -0.05) is 43.3 Å². The third-order valence-electron chi connectivity index (χ3n) is 6.05. The number of methoxy groups -OCH3 is 1. The van der Waals surface area contributed by atoms with Crippen molar-refractivity contribution in [1.29, 1.82) is 0 Å². The average Bonchev–Trinajstić information content (AvgIpc) is 3.31. The Morgan fingerprint density at radius 3 is 2.58 bits per heavy atom. The number of anilines is 2. The van der Waals surface area contributed by atoms with Crippen molar-refractivity contribution in [1.82, 2.24) is 14.8 Å². The average molecular weight is 538 g/mol. The van der Waals surface area contributed by atoms with Gasteiger partial charge in [-0.25, -0.2) is 4.68 Å². The Morgan fingerprint density at radius 2 is 1.84 bits per heavy atom. The van der Waals surface area contributed by atoms with Crippen LogP contribution in [0.5, 0.6) is 17.2 Å². The Morgan fingerprint density at radius 1 is 1.08 bits per heavy atom. The molecule has 1 aliphatic heterocycles. The number of amides is 1. The molecule has 4 rings (SSSR count). The highest BCUT2D eigenvalue weighted by atomic mass is 32.2. The molecule has 1 unspecified atom stereocenters. The number of hydrogen-bond donors (Lipinski definition) is 2. The highest BCUT2D eigenvalue weighted by molar-refractivity contribution is 7.99. The summed E-state index contributed by atoms with van der Waals surface area (Å²) in [5.74, 6) is 3.09. The summed E-state index contributed by atoms with van der Waals surface area (Å²) in [6, 6.07) is 12.6. The Labute approximate surface area is 228 Å². The first kappa shape index (κ1) is 27.4. The van der Waals surface area contributed by atoms with E-state index in [9.17, 15) is 4.79 Å². The third kappa shape index (κ3) is 5.91. The van der Waals surface area contributed by atoms with Crippen LogP contribution in [-0.2, 0) is 4.79 Å². The molecule has 1 atom stereocenters. The van der Waals surface area contributed by atoms with Gasteiger partial charge in [0.1, 0.15) is 11.8 Å². The fourth-order valence-electron chi connectivity index (χ4n) is 4.28. The molecular formula is C28H35N5O4S. The number of nitrogens with one attached hydrogen (secondary N) is 2. The molecule has 1 aromatic heterocycles. The maximum absolute atomic E-state index is 13.9. The van der Waals surface area contributed by atoms with E-state index in [4.69, 9.17) is 24.3 Å². The van der Waals surface area contributed by atoms with Gasteiger partial charge in [-0.05, 0) is 57.0 Å². The van der Waals surface area contributed by atoms with Gasteiger partial charge in [0.25, 0.3) is 5.91 Å². The fourth-order valence-corrected chi connectivity index (χ4v) is 5.19. The summed E-state index contributed by atoms with van der Waals surface area (Å²) < 4.78 is 18.9. The Bertz CT molecular complexity index is 1310. The lowest BCUT2D eigenvalue weighted by atomic mass is 9.94. The standard InChI is InChI=1S/C28H35N5O4S/c1-6-9-16-38-28-31-27-29-18(4)24(26(34)30-20-12-10-11-13-21(20)36-7-2)25(33(27)32-28)19-14-15-22(35-5)23(17-19)37-8-3/h10-15,17,25H,6-9,16H2,1-5H3,(H,30,34)(H,29,31,32). The van der Waals surface area contributed by atoms with Crippen molar-refractivity contribution in [3.8, 4) is 17.2 Å². The summed E-state index contributed by atoms with van der Waals surface area (Å²) in [5.41, 5.74) is 2.64. The van der Waals surface area contributed by atoms with Gasteiger partial charge in [0.2, 0.25) is 11.1 Å². The van der Waals surface area contributed by atoms with E-state index in [1.807, 2.05) is 63.2 Å². The number of hydrogen-bond acceptors (Lipinski definition) is 8. The Kier molecular flexibility index (Phi) is 9.17. The molecule has 202 valence electrons. The molecule has 10 heteroatoms. The number of allylic oxidation sites excluding steroid dienone is 1. The highest BCUT2D eigenvalue weighted by Crippen LogP contribution is 2.40. The number of ether oxygens (including phenoxy) is 3. The van der Waals surface area contributed by atoms with Crippen LogP contribution in [0.3, 0.4) is 0 Å². The van der Waals surface area contributed by atoms with Crippen molar-refractivity contribution in [3.05, 3.63) is 59.3 Å². The number of fused-ring (bicyclic) bond motifs is 1. The number of benzene rings is 2. The van der Waals surface area contributed by atoms with Crippen LogP contribution in [0.2, 0.25) is 0 Å². The zero-order chi connectivity index (χ0) is 27.1. The number of para-hydroxylation sites is 2. The molecule has 0 saturated heterocycles. The first-order valence-electron chi connectivity index (χ1n) is 12.9. The quantitative estimate of drug-likeness (QED) is 0.218. The van der Waals surface area contributed by atoms with Gasteiger partial charge in [0.15, 0.2) is 11.5 Å². The lowest BCUT2D eigenvalue weighted by Crippen LogP contribution is -2.31. The van der Waals surface area contributed by atoms with E-state index in [0.29, 0.717) is 58.5 Å². The minimum atomic E-state index is -0.538. The van der Waals surface area contributed by atoms with E-state index < -0.39 is 6.04 Å². The van der Waals surface area contributed by atoms with Gasteiger partial charge in [-0.15, -0.1) is 5.10 Å². The number of unbranched alkanes of at least 4 members (excludes halogenated alkanes) is 1. The Balaban J connectivity index is 1.78. The monoisotopic (exact) mass is 537 g/mol. The van der Waals surface area contributed by atoms with Gasteiger partial charge in [0.05, 0.1) is 31.6 Å². The normalized spacial score (nSPS) is 14.5. The van der Waals surface area contributed by atoms with Crippen LogP contribution >= 0.6 is 11.8 Å². The van der Waals surface area contributed by atoms with E-state index >= 15 is 0 Å². The Hall–Kier alpha value is -3.66. The zero-order valence-electron chi connectivity index (χ0n) is 22.5. The zero-order valence-corrected chi connectivity index (χ0v) is 23.4. The van der Waals surface area contributed by atoms with Crippen LogP contribution in [0.1, 0.15) is 52.1 Å².